The summed E-state index contributed by atoms with van der Waals surface area (Å²) in [4.78, 5) is 36.2. The molecule has 0 aliphatic rings. The van der Waals surface area contributed by atoms with Crippen LogP contribution in [0.25, 0.3) is 10.9 Å². The fourth-order valence-electron chi connectivity index (χ4n) is 3.38. The predicted octanol–water partition coefficient (Wildman–Crippen LogP) is 5.54. The van der Waals surface area contributed by atoms with Gasteiger partial charge in [0, 0.05) is 22.5 Å². The van der Waals surface area contributed by atoms with Crippen LogP contribution in [0.15, 0.2) is 60.9 Å². The minimum absolute atomic E-state index is 0.0110. The Bertz CT molecular complexity index is 1390. The lowest BCUT2D eigenvalue weighted by Gasteiger charge is -2.12. The first-order chi connectivity index (χ1) is 16.8. The van der Waals surface area contributed by atoms with Gasteiger partial charge in [-0.2, -0.15) is 0 Å². The average molecular weight is 473 g/mol. The van der Waals surface area contributed by atoms with Crippen LogP contribution in [0.1, 0.15) is 29.9 Å². The third kappa shape index (κ3) is 5.49. The van der Waals surface area contributed by atoms with E-state index >= 15 is 0 Å². The van der Waals surface area contributed by atoms with Gasteiger partial charge in [-0.1, -0.05) is 19.9 Å². The van der Waals surface area contributed by atoms with Crippen molar-refractivity contribution in [3.05, 3.63) is 82.3 Å². The van der Waals surface area contributed by atoms with Crippen molar-refractivity contribution >= 4 is 45.6 Å². The number of nitrogens with one attached hydrogen (secondary N) is 2. The van der Waals surface area contributed by atoms with Crippen molar-refractivity contribution in [2.75, 3.05) is 17.2 Å². The number of carbonyl (C=O) groups is 1. The van der Waals surface area contributed by atoms with Crippen molar-refractivity contribution in [1.82, 2.24) is 15.0 Å². The highest BCUT2D eigenvalue weighted by Crippen LogP contribution is 2.34. The minimum Gasteiger partial charge on any atom is -0.462 e. The summed E-state index contributed by atoms with van der Waals surface area (Å²) in [6.45, 7) is 6.13. The Kier molecular flexibility index (Phi) is 6.81. The number of carbonyl (C=O) groups excluding carboxylic acids is 1. The molecule has 10 heteroatoms. The molecule has 0 bridgehead atoms. The van der Waals surface area contributed by atoms with Gasteiger partial charge in [0.05, 0.1) is 22.6 Å². The van der Waals surface area contributed by atoms with Crippen molar-refractivity contribution in [2.45, 2.75) is 20.8 Å². The highest BCUT2D eigenvalue weighted by atomic mass is 16.6. The Morgan fingerprint density at radius 3 is 2.43 bits per heavy atom. The van der Waals surface area contributed by atoms with Crippen molar-refractivity contribution in [2.24, 2.45) is 5.92 Å². The van der Waals surface area contributed by atoms with E-state index in [0.29, 0.717) is 23.5 Å². The van der Waals surface area contributed by atoms with Gasteiger partial charge in [-0.05, 0) is 61.4 Å². The number of rotatable bonds is 8. The number of anilines is 4. The predicted molar refractivity (Wildman–Crippen MR) is 133 cm³/mol. The number of esters is 1. The molecule has 0 fully saturated rings. The lowest BCUT2D eigenvalue weighted by atomic mass is 10.1. The number of pyridine rings is 1. The van der Waals surface area contributed by atoms with Crippen LogP contribution in [0.2, 0.25) is 0 Å². The Balaban J connectivity index is 1.60. The SMILES string of the molecule is Cc1ccc2c(Nc3ncnc(Nc4ccc(C(=O)OCC(C)C)cc4)c3[N+](=O)[O-])cccc2n1. The molecule has 2 aromatic carbocycles. The van der Waals surface area contributed by atoms with E-state index in [1.54, 1.807) is 30.3 Å². The average Bonchev–Trinajstić information content (AvgIpc) is 2.83. The molecule has 2 N–H and O–H groups in total. The molecule has 0 spiro atoms. The van der Waals surface area contributed by atoms with Crippen molar-refractivity contribution in [3.8, 4) is 0 Å². The zero-order valence-electron chi connectivity index (χ0n) is 19.5. The normalized spacial score (nSPS) is 10.9. The molecule has 0 aliphatic heterocycles. The van der Waals surface area contributed by atoms with Crippen molar-refractivity contribution in [1.29, 1.82) is 0 Å². The Morgan fingerprint density at radius 2 is 1.74 bits per heavy atom. The van der Waals surface area contributed by atoms with E-state index in [4.69, 9.17) is 4.74 Å². The first-order valence-corrected chi connectivity index (χ1v) is 11.0. The molecule has 35 heavy (non-hydrogen) atoms. The van der Waals surface area contributed by atoms with Crippen LogP contribution in [0.5, 0.6) is 0 Å². The molecule has 0 saturated heterocycles. The van der Waals surface area contributed by atoms with E-state index in [1.165, 1.54) is 6.33 Å². The van der Waals surface area contributed by atoms with Gasteiger partial charge >= 0.3 is 11.7 Å². The van der Waals surface area contributed by atoms with Crippen LogP contribution in [0.4, 0.5) is 28.7 Å². The highest BCUT2D eigenvalue weighted by molar-refractivity contribution is 5.94. The molecular formula is C25H24N6O4. The number of hydrogen-bond donors (Lipinski definition) is 2. The smallest absolute Gasteiger partial charge is 0.353 e. The summed E-state index contributed by atoms with van der Waals surface area (Å²) in [5.74, 6) is -0.147. The maximum absolute atomic E-state index is 12.1. The Hall–Kier alpha value is -4.60. The Morgan fingerprint density at radius 1 is 1.03 bits per heavy atom. The van der Waals surface area contributed by atoms with Gasteiger partial charge in [-0.25, -0.2) is 14.8 Å². The standard InChI is InChI=1S/C25H24N6O4/c1-15(2)13-35-25(32)17-8-10-18(11-9-17)29-23-22(31(33)34)24(27-14-26-23)30-21-6-4-5-20-19(21)12-7-16(3)28-20/h4-12,14-15H,13H2,1-3H3,(H2,26,27,29,30). The van der Waals surface area contributed by atoms with E-state index in [-0.39, 0.29) is 23.2 Å². The first-order valence-electron chi connectivity index (χ1n) is 11.0. The molecule has 2 heterocycles. The van der Waals surface area contributed by atoms with Crippen LogP contribution in [-0.2, 0) is 4.74 Å². The summed E-state index contributed by atoms with van der Waals surface area (Å²) in [6, 6.07) is 15.7. The van der Waals surface area contributed by atoms with Gasteiger partial charge in [-0.3, -0.25) is 15.1 Å². The number of aromatic nitrogens is 3. The first kappa shape index (κ1) is 23.6. The molecule has 0 saturated carbocycles. The highest BCUT2D eigenvalue weighted by Gasteiger charge is 2.24. The Labute approximate surface area is 201 Å². The summed E-state index contributed by atoms with van der Waals surface area (Å²) < 4.78 is 5.23. The topological polar surface area (TPSA) is 132 Å². The summed E-state index contributed by atoms with van der Waals surface area (Å²) >= 11 is 0. The molecule has 4 aromatic rings. The lowest BCUT2D eigenvalue weighted by molar-refractivity contribution is -0.383. The quantitative estimate of drug-likeness (QED) is 0.193. The number of benzene rings is 2. The molecular weight excluding hydrogens is 448 g/mol. The molecule has 10 nitrogen and oxygen atoms in total. The molecule has 2 aromatic heterocycles. The van der Waals surface area contributed by atoms with Crippen molar-refractivity contribution in [3.63, 3.8) is 0 Å². The molecule has 0 amide bonds. The third-order valence-electron chi connectivity index (χ3n) is 5.06. The fourth-order valence-corrected chi connectivity index (χ4v) is 3.38. The number of hydrogen-bond acceptors (Lipinski definition) is 9. The number of nitrogens with zero attached hydrogens (tertiary/aromatic N) is 4. The number of aryl methyl sites for hydroxylation is 1. The molecule has 0 unspecified atom stereocenters. The summed E-state index contributed by atoms with van der Waals surface area (Å²) in [6.07, 6.45) is 1.24. The van der Waals surface area contributed by atoms with Gasteiger partial charge in [0.25, 0.3) is 0 Å². The van der Waals surface area contributed by atoms with E-state index < -0.39 is 10.9 Å². The van der Waals surface area contributed by atoms with E-state index in [9.17, 15) is 14.9 Å². The van der Waals surface area contributed by atoms with E-state index in [0.717, 1.165) is 16.6 Å². The van der Waals surface area contributed by atoms with E-state index in [1.807, 2.05) is 45.0 Å². The van der Waals surface area contributed by atoms with Gasteiger partial charge < -0.3 is 15.4 Å². The summed E-state index contributed by atoms with van der Waals surface area (Å²) in [7, 11) is 0. The van der Waals surface area contributed by atoms with Crippen LogP contribution < -0.4 is 10.6 Å². The number of fused-ring (bicyclic) bond motifs is 1. The molecule has 0 aliphatic carbocycles. The summed E-state index contributed by atoms with van der Waals surface area (Å²) in [5, 5.41) is 18.8. The van der Waals surface area contributed by atoms with Gasteiger partial charge in [0.1, 0.15) is 6.33 Å². The minimum atomic E-state index is -0.546. The maximum atomic E-state index is 12.1. The molecule has 0 atom stereocenters. The molecule has 0 radical (unpaired) electrons. The monoisotopic (exact) mass is 472 g/mol. The second-order valence-corrected chi connectivity index (χ2v) is 8.32. The number of nitro groups is 1. The second kappa shape index (κ2) is 10.1. The van der Waals surface area contributed by atoms with E-state index in [2.05, 4.69) is 25.6 Å². The van der Waals surface area contributed by atoms with Gasteiger partial charge in [-0.15, -0.1) is 0 Å². The summed E-state index contributed by atoms with van der Waals surface area (Å²) in [5.41, 5.74) is 2.85. The largest absolute Gasteiger partial charge is 0.462 e. The molecule has 178 valence electrons. The van der Waals surface area contributed by atoms with Gasteiger partial charge in [0.15, 0.2) is 0 Å². The van der Waals surface area contributed by atoms with Crippen LogP contribution in [0, 0.1) is 23.0 Å². The van der Waals surface area contributed by atoms with Crippen LogP contribution in [0.3, 0.4) is 0 Å². The third-order valence-corrected chi connectivity index (χ3v) is 5.06. The second-order valence-electron chi connectivity index (χ2n) is 8.32. The lowest BCUT2D eigenvalue weighted by Crippen LogP contribution is -2.10. The van der Waals surface area contributed by atoms with Gasteiger partial charge in [0.2, 0.25) is 11.6 Å². The molecule has 4 rings (SSSR count). The van der Waals surface area contributed by atoms with Crippen molar-refractivity contribution < 1.29 is 14.5 Å². The zero-order chi connectivity index (χ0) is 24.9. The number of ether oxygens (including phenoxy) is 1. The van der Waals surface area contributed by atoms with Crippen LogP contribution in [-0.4, -0.2) is 32.5 Å². The zero-order valence-corrected chi connectivity index (χ0v) is 19.5. The fraction of sp³-hybridized carbons (Fsp3) is 0.200. The maximum Gasteiger partial charge on any atom is 0.353 e. The van der Waals surface area contributed by atoms with Crippen LogP contribution >= 0.6 is 0 Å².